The number of fused-ring (bicyclic) bond motifs is 1. The van der Waals surface area contributed by atoms with E-state index >= 15 is 0 Å². The number of thiophene rings is 1. The van der Waals surface area contributed by atoms with Crippen molar-refractivity contribution >= 4 is 27.5 Å². The molecule has 0 aliphatic carbocycles. The summed E-state index contributed by atoms with van der Waals surface area (Å²) in [6.07, 6.45) is -0.898. The molecule has 0 unspecified atom stereocenters. The lowest BCUT2D eigenvalue weighted by molar-refractivity contribution is 0.0605. The van der Waals surface area contributed by atoms with Gasteiger partial charge in [-0.3, -0.25) is 9.36 Å². The monoisotopic (exact) mass is 416 g/mol. The van der Waals surface area contributed by atoms with Gasteiger partial charge in [0.05, 0.1) is 19.0 Å². The second kappa shape index (κ2) is 8.34. The molecule has 1 aromatic carbocycles. The fourth-order valence-electron chi connectivity index (χ4n) is 3.23. The second-order valence-electron chi connectivity index (χ2n) is 7.04. The molecule has 0 saturated heterocycles. The summed E-state index contributed by atoms with van der Waals surface area (Å²) < 4.78 is 11.9. The average Bonchev–Trinajstić information content (AvgIpc) is 3.00. The van der Waals surface area contributed by atoms with Crippen LogP contribution in [-0.2, 0) is 11.3 Å². The number of esters is 1. The van der Waals surface area contributed by atoms with Crippen molar-refractivity contribution in [2.24, 2.45) is 0 Å². The van der Waals surface area contributed by atoms with Crippen LogP contribution in [0.5, 0.6) is 5.75 Å². The van der Waals surface area contributed by atoms with E-state index in [-0.39, 0.29) is 18.7 Å². The number of aliphatic hydroxyl groups excluding tert-OH is 1. The number of ether oxygens (including phenoxy) is 2. The predicted octanol–water partition coefficient (Wildman–Crippen LogP) is 2.92. The Hall–Kier alpha value is -2.71. The van der Waals surface area contributed by atoms with Gasteiger partial charge in [0, 0.05) is 0 Å². The van der Waals surface area contributed by atoms with Crippen molar-refractivity contribution in [3.8, 4) is 5.75 Å². The summed E-state index contributed by atoms with van der Waals surface area (Å²) >= 11 is 1.14. The van der Waals surface area contributed by atoms with Gasteiger partial charge in [-0.2, -0.15) is 0 Å². The third-order valence-electron chi connectivity index (χ3n) is 4.77. The third kappa shape index (κ3) is 4.18. The summed E-state index contributed by atoms with van der Waals surface area (Å²) in [7, 11) is 1.30. The molecular weight excluding hydrogens is 392 g/mol. The van der Waals surface area contributed by atoms with Gasteiger partial charge in [-0.15, -0.1) is 11.3 Å². The van der Waals surface area contributed by atoms with E-state index in [0.29, 0.717) is 32.2 Å². The summed E-state index contributed by atoms with van der Waals surface area (Å²) in [5.41, 5.74) is 2.37. The van der Waals surface area contributed by atoms with Crippen LogP contribution in [0, 0.1) is 27.7 Å². The fraction of sp³-hybridized carbons (Fsp3) is 0.381. The van der Waals surface area contributed by atoms with Gasteiger partial charge in [-0.1, -0.05) is 17.7 Å². The highest BCUT2D eigenvalue weighted by atomic mass is 32.1. The zero-order valence-electron chi connectivity index (χ0n) is 17.1. The summed E-state index contributed by atoms with van der Waals surface area (Å²) in [4.78, 5) is 30.3. The highest BCUT2D eigenvalue weighted by Gasteiger charge is 2.22. The van der Waals surface area contributed by atoms with Crippen molar-refractivity contribution < 1.29 is 19.4 Å². The predicted molar refractivity (Wildman–Crippen MR) is 112 cm³/mol. The molecule has 0 fully saturated rings. The van der Waals surface area contributed by atoms with Gasteiger partial charge >= 0.3 is 5.97 Å². The number of methoxy groups -OCH3 is 1. The lowest BCUT2D eigenvalue weighted by Gasteiger charge is -2.16. The molecule has 0 spiro atoms. The van der Waals surface area contributed by atoms with Gasteiger partial charge in [-0.25, -0.2) is 9.78 Å². The van der Waals surface area contributed by atoms with Crippen molar-refractivity contribution in [1.82, 2.24) is 9.55 Å². The Balaban J connectivity index is 1.84. The van der Waals surface area contributed by atoms with E-state index in [2.05, 4.69) is 4.98 Å². The van der Waals surface area contributed by atoms with E-state index in [4.69, 9.17) is 9.47 Å². The van der Waals surface area contributed by atoms with Gasteiger partial charge in [0.2, 0.25) is 0 Å². The maximum absolute atomic E-state index is 13.0. The van der Waals surface area contributed by atoms with Gasteiger partial charge in [-0.05, 0) is 44.9 Å². The molecule has 0 bridgehead atoms. The zero-order valence-corrected chi connectivity index (χ0v) is 17.9. The summed E-state index contributed by atoms with van der Waals surface area (Å²) in [5.74, 6) is 0.672. The Morgan fingerprint density at radius 1 is 1.28 bits per heavy atom. The quantitative estimate of drug-likeness (QED) is 0.622. The van der Waals surface area contributed by atoms with Gasteiger partial charge in [0.1, 0.15) is 34.0 Å². The minimum atomic E-state index is -0.898. The Kier molecular flexibility index (Phi) is 6.04. The Morgan fingerprint density at radius 3 is 2.66 bits per heavy atom. The zero-order chi connectivity index (χ0) is 21.3. The van der Waals surface area contributed by atoms with Crippen LogP contribution in [0.25, 0.3) is 10.2 Å². The van der Waals surface area contributed by atoms with E-state index in [1.165, 1.54) is 11.7 Å². The second-order valence-corrected chi connectivity index (χ2v) is 8.04. The minimum absolute atomic E-state index is 0.0430. The maximum atomic E-state index is 13.0. The van der Waals surface area contributed by atoms with Crippen LogP contribution in [0.3, 0.4) is 0 Å². The summed E-state index contributed by atoms with van der Waals surface area (Å²) in [6, 6.07) is 5.82. The van der Waals surface area contributed by atoms with Gasteiger partial charge in [0.25, 0.3) is 5.56 Å². The smallest absolute Gasteiger partial charge is 0.348 e. The van der Waals surface area contributed by atoms with E-state index in [9.17, 15) is 14.7 Å². The first kappa shape index (κ1) is 21.0. The van der Waals surface area contributed by atoms with E-state index in [1.807, 2.05) is 32.0 Å². The number of hydrogen-bond acceptors (Lipinski definition) is 7. The van der Waals surface area contributed by atoms with Crippen LogP contribution in [0.15, 0.2) is 23.0 Å². The molecule has 1 N–H and O–H groups in total. The van der Waals surface area contributed by atoms with Crippen LogP contribution < -0.4 is 10.3 Å². The molecular formula is C21H24N2O5S. The fourth-order valence-corrected chi connectivity index (χ4v) is 4.37. The molecule has 0 saturated carbocycles. The first-order valence-electron chi connectivity index (χ1n) is 9.20. The molecule has 0 aliphatic heterocycles. The van der Waals surface area contributed by atoms with Crippen LogP contribution in [-0.4, -0.2) is 40.4 Å². The average molecular weight is 416 g/mol. The molecule has 3 rings (SSSR count). The number of rotatable bonds is 6. The number of aliphatic hydroxyl groups is 1. The van der Waals surface area contributed by atoms with E-state index < -0.39 is 12.1 Å². The first-order chi connectivity index (χ1) is 13.7. The molecule has 154 valence electrons. The van der Waals surface area contributed by atoms with Crippen molar-refractivity contribution in [1.29, 1.82) is 0 Å². The number of hydrogen-bond donors (Lipinski definition) is 1. The Morgan fingerprint density at radius 2 is 2.00 bits per heavy atom. The van der Waals surface area contributed by atoms with Crippen LogP contribution in [0.1, 0.15) is 32.2 Å². The molecule has 7 nitrogen and oxygen atoms in total. The van der Waals surface area contributed by atoms with Crippen LogP contribution in [0.4, 0.5) is 0 Å². The van der Waals surface area contributed by atoms with Crippen molar-refractivity contribution in [3.63, 3.8) is 0 Å². The molecule has 0 aliphatic rings. The van der Waals surface area contributed by atoms with E-state index in [0.717, 1.165) is 22.5 Å². The molecule has 2 heterocycles. The summed E-state index contributed by atoms with van der Waals surface area (Å²) in [6.45, 7) is 7.44. The standard InChI is InChI=1S/C21H24N2O5S/c1-11-6-7-16(12(2)8-11)28-10-15(24)9-23-14(4)22-19-17(20(23)25)13(3)18(29-19)21(26)27-5/h6-8,15,24H,9-10H2,1-5H3/t15-/m1/s1. The van der Waals surface area contributed by atoms with Crippen LogP contribution in [0.2, 0.25) is 0 Å². The number of carbonyl (C=O) groups is 1. The van der Waals surface area contributed by atoms with Crippen LogP contribution >= 0.6 is 11.3 Å². The highest BCUT2D eigenvalue weighted by molar-refractivity contribution is 7.20. The highest BCUT2D eigenvalue weighted by Crippen LogP contribution is 2.28. The minimum Gasteiger partial charge on any atom is -0.491 e. The number of aryl methyl sites for hydroxylation is 4. The number of carbonyl (C=O) groups excluding carboxylic acids is 1. The molecule has 1 atom stereocenters. The van der Waals surface area contributed by atoms with E-state index in [1.54, 1.807) is 13.8 Å². The number of aromatic nitrogens is 2. The van der Waals surface area contributed by atoms with Crippen molar-refractivity contribution in [2.75, 3.05) is 13.7 Å². The Labute approximate surface area is 172 Å². The normalized spacial score (nSPS) is 12.2. The maximum Gasteiger partial charge on any atom is 0.348 e. The van der Waals surface area contributed by atoms with Crippen molar-refractivity contribution in [2.45, 2.75) is 40.3 Å². The van der Waals surface area contributed by atoms with Gasteiger partial charge in [0.15, 0.2) is 0 Å². The SMILES string of the molecule is COC(=O)c1sc2nc(C)n(C[C@@H](O)COc3ccc(C)cc3C)c(=O)c2c1C. The molecule has 3 aromatic rings. The summed E-state index contributed by atoms with van der Waals surface area (Å²) in [5, 5.41) is 10.8. The molecule has 2 aromatic heterocycles. The third-order valence-corrected chi connectivity index (χ3v) is 5.93. The molecule has 8 heteroatoms. The van der Waals surface area contributed by atoms with Crippen molar-refractivity contribution in [3.05, 3.63) is 55.9 Å². The Bertz CT molecular complexity index is 1130. The lowest BCUT2D eigenvalue weighted by atomic mass is 10.1. The van der Waals surface area contributed by atoms with Gasteiger partial charge < -0.3 is 14.6 Å². The topological polar surface area (TPSA) is 90.7 Å². The number of benzene rings is 1. The largest absolute Gasteiger partial charge is 0.491 e. The first-order valence-corrected chi connectivity index (χ1v) is 10.0. The molecule has 29 heavy (non-hydrogen) atoms. The lowest BCUT2D eigenvalue weighted by Crippen LogP contribution is -2.32. The molecule has 0 amide bonds. The number of nitrogens with zero attached hydrogens (tertiary/aromatic N) is 2. The molecule has 0 radical (unpaired) electrons.